The maximum atomic E-state index is 10.9. The van der Waals surface area contributed by atoms with E-state index in [4.69, 9.17) is 0 Å². The lowest BCUT2D eigenvalue weighted by molar-refractivity contribution is -0.0174. The first-order valence-corrected chi connectivity index (χ1v) is 8.17. The van der Waals surface area contributed by atoms with Crippen LogP contribution in [-0.2, 0) is 19.9 Å². The Hall–Kier alpha value is -0.350. The van der Waals surface area contributed by atoms with Crippen LogP contribution in [0.4, 0.5) is 0 Å². The second-order valence-electron chi connectivity index (χ2n) is 6.05. The largest absolute Gasteiger partial charge is 0.389 e. The summed E-state index contributed by atoms with van der Waals surface area (Å²) in [5.41, 5.74) is 1.58. The molecule has 0 bridgehead atoms. The molecule has 1 aliphatic rings. The first kappa shape index (κ1) is 15.0. The van der Waals surface area contributed by atoms with Gasteiger partial charge in [0.15, 0.2) is 0 Å². The summed E-state index contributed by atoms with van der Waals surface area (Å²) < 4.78 is 2.99. The molecule has 19 heavy (non-hydrogen) atoms. The third-order valence-corrected chi connectivity index (χ3v) is 5.43. The summed E-state index contributed by atoms with van der Waals surface area (Å²) in [7, 11) is 1.97. The van der Waals surface area contributed by atoms with Crippen LogP contribution in [0.15, 0.2) is 4.47 Å². The van der Waals surface area contributed by atoms with Crippen LogP contribution >= 0.6 is 15.9 Å². The van der Waals surface area contributed by atoms with Gasteiger partial charge in [-0.15, -0.1) is 0 Å². The number of aryl methyl sites for hydroxylation is 2. The van der Waals surface area contributed by atoms with Gasteiger partial charge in [0.25, 0.3) is 0 Å². The standard InChI is InChI=1S/C15H25BrN2O/c1-4-12-14(16)13(18(3)17-12)10-15(2,19)11-8-6-5-7-9-11/h11,19H,4-10H2,1-3H3. The third-order valence-electron chi connectivity index (χ3n) is 4.51. The Balaban J connectivity index is 2.17. The lowest BCUT2D eigenvalue weighted by Gasteiger charge is -2.35. The predicted molar refractivity (Wildman–Crippen MR) is 81.2 cm³/mol. The fourth-order valence-corrected chi connectivity index (χ4v) is 3.98. The zero-order valence-electron chi connectivity index (χ0n) is 12.2. The van der Waals surface area contributed by atoms with Crippen molar-refractivity contribution in [2.45, 2.75) is 64.4 Å². The summed E-state index contributed by atoms with van der Waals surface area (Å²) in [5.74, 6) is 0.424. The van der Waals surface area contributed by atoms with Crippen molar-refractivity contribution in [2.75, 3.05) is 0 Å². The summed E-state index contributed by atoms with van der Waals surface area (Å²) in [4.78, 5) is 0. The topological polar surface area (TPSA) is 38.0 Å². The van der Waals surface area contributed by atoms with E-state index >= 15 is 0 Å². The van der Waals surface area contributed by atoms with Crippen LogP contribution < -0.4 is 0 Å². The third kappa shape index (κ3) is 3.22. The molecule has 1 fully saturated rings. The van der Waals surface area contributed by atoms with Crippen molar-refractivity contribution in [3.8, 4) is 0 Å². The maximum Gasteiger partial charge on any atom is 0.0766 e. The Bertz CT molecular complexity index is 434. The molecule has 1 heterocycles. The molecule has 1 aromatic rings. The highest BCUT2D eigenvalue weighted by molar-refractivity contribution is 9.10. The summed E-state index contributed by atoms with van der Waals surface area (Å²) in [6.07, 6.45) is 7.75. The molecule has 1 unspecified atom stereocenters. The molecule has 1 atom stereocenters. The summed E-state index contributed by atoms with van der Waals surface area (Å²) in [5, 5.41) is 15.4. The lowest BCUT2D eigenvalue weighted by atomic mass is 9.76. The number of nitrogens with zero attached hydrogens (tertiary/aromatic N) is 2. The van der Waals surface area contributed by atoms with Gasteiger partial charge in [-0.25, -0.2) is 0 Å². The van der Waals surface area contributed by atoms with Crippen LogP contribution in [0.1, 0.15) is 57.3 Å². The Labute approximate surface area is 124 Å². The normalized spacial score (nSPS) is 20.5. The van der Waals surface area contributed by atoms with Crippen LogP contribution in [-0.4, -0.2) is 20.5 Å². The van der Waals surface area contributed by atoms with Gasteiger partial charge in [-0.05, 0) is 48.0 Å². The molecule has 108 valence electrons. The molecule has 0 amide bonds. The Morgan fingerprint density at radius 1 is 1.37 bits per heavy atom. The SMILES string of the molecule is CCc1nn(C)c(CC(C)(O)C2CCCCC2)c1Br. The molecular weight excluding hydrogens is 304 g/mol. The molecule has 2 rings (SSSR count). The van der Waals surface area contributed by atoms with Crippen molar-refractivity contribution in [1.82, 2.24) is 9.78 Å². The number of rotatable bonds is 4. The van der Waals surface area contributed by atoms with Gasteiger partial charge in [0.05, 0.1) is 21.5 Å². The van der Waals surface area contributed by atoms with E-state index in [1.807, 2.05) is 18.7 Å². The number of aliphatic hydroxyl groups is 1. The average molecular weight is 329 g/mol. The highest BCUT2D eigenvalue weighted by atomic mass is 79.9. The number of aromatic nitrogens is 2. The van der Waals surface area contributed by atoms with E-state index in [0.717, 1.165) is 35.1 Å². The minimum absolute atomic E-state index is 0.424. The first-order chi connectivity index (χ1) is 8.95. The molecule has 0 saturated heterocycles. The van der Waals surface area contributed by atoms with Gasteiger partial charge in [0.1, 0.15) is 0 Å². The molecule has 3 nitrogen and oxygen atoms in total. The monoisotopic (exact) mass is 328 g/mol. The molecule has 0 spiro atoms. The summed E-state index contributed by atoms with van der Waals surface area (Å²) in [6.45, 7) is 4.10. The predicted octanol–water partition coefficient (Wildman–Crippen LogP) is 3.62. The van der Waals surface area contributed by atoms with Crippen LogP contribution in [0, 0.1) is 5.92 Å². The van der Waals surface area contributed by atoms with Crippen LogP contribution in [0.3, 0.4) is 0 Å². The molecule has 0 aliphatic heterocycles. The van der Waals surface area contributed by atoms with E-state index in [0.29, 0.717) is 12.3 Å². The van der Waals surface area contributed by atoms with Gasteiger partial charge in [0, 0.05) is 13.5 Å². The van der Waals surface area contributed by atoms with E-state index in [1.165, 1.54) is 19.3 Å². The highest BCUT2D eigenvalue weighted by Crippen LogP contribution is 2.36. The first-order valence-electron chi connectivity index (χ1n) is 7.38. The minimum Gasteiger partial charge on any atom is -0.389 e. The Morgan fingerprint density at radius 3 is 2.53 bits per heavy atom. The van der Waals surface area contributed by atoms with E-state index in [1.54, 1.807) is 0 Å². The summed E-state index contributed by atoms with van der Waals surface area (Å²) in [6, 6.07) is 0. The Morgan fingerprint density at radius 2 is 2.00 bits per heavy atom. The van der Waals surface area contributed by atoms with E-state index in [2.05, 4.69) is 28.0 Å². The van der Waals surface area contributed by atoms with Crippen molar-refractivity contribution >= 4 is 15.9 Å². The molecule has 1 aliphatic carbocycles. The zero-order valence-corrected chi connectivity index (χ0v) is 13.8. The minimum atomic E-state index is -0.623. The van der Waals surface area contributed by atoms with Crippen molar-refractivity contribution in [3.63, 3.8) is 0 Å². The molecule has 1 saturated carbocycles. The number of halogens is 1. The quantitative estimate of drug-likeness (QED) is 0.916. The molecular formula is C15H25BrN2O. The fourth-order valence-electron chi connectivity index (χ4n) is 3.22. The second kappa shape index (κ2) is 5.96. The second-order valence-corrected chi connectivity index (χ2v) is 6.85. The highest BCUT2D eigenvalue weighted by Gasteiger charge is 2.34. The van der Waals surface area contributed by atoms with Crippen LogP contribution in [0.2, 0.25) is 0 Å². The lowest BCUT2D eigenvalue weighted by Crippen LogP contribution is -2.38. The number of hydrogen-bond acceptors (Lipinski definition) is 2. The zero-order chi connectivity index (χ0) is 14.0. The fraction of sp³-hybridized carbons (Fsp3) is 0.800. The van der Waals surface area contributed by atoms with Gasteiger partial charge < -0.3 is 5.11 Å². The molecule has 0 radical (unpaired) electrons. The van der Waals surface area contributed by atoms with Gasteiger partial charge in [-0.1, -0.05) is 26.2 Å². The van der Waals surface area contributed by atoms with Gasteiger partial charge in [0.2, 0.25) is 0 Å². The maximum absolute atomic E-state index is 10.9. The van der Waals surface area contributed by atoms with Crippen LogP contribution in [0.25, 0.3) is 0 Å². The molecule has 1 aromatic heterocycles. The smallest absolute Gasteiger partial charge is 0.0766 e. The van der Waals surface area contributed by atoms with E-state index < -0.39 is 5.60 Å². The van der Waals surface area contributed by atoms with Gasteiger partial charge >= 0.3 is 0 Å². The molecule has 4 heteroatoms. The van der Waals surface area contributed by atoms with Crippen LogP contribution in [0.5, 0.6) is 0 Å². The average Bonchev–Trinajstić information content (AvgIpc) is 2.67. The van der Waals surface area contributed by atoms with Crippen molar-refractivity contribution in [2.24, 2.45) is 13.0 Å². The van der Waals surface area contributed by atoms with Crippen molar-refractivity contribution in [1.29, 1.82) is 0 Å². The van der Waals surface area contributed by atoms with E-state index in [-0.39, 0.29) is 0 Å². The van der Waals surface area contributed by atoms with E-state index in [9.17, 15) is 5.11 Å². The summed E-state index contributed by atoms with van der Waals surface area (Å²) >= 11 is 3.64. The van der Waals surface area contributed by atoms with Gasteiger partial charge in [-0.2, -0.15) is 5.10 Å². The van der Waals surface area contributed by atoms with Crippen molar-refractivity contribution < 1.29 is 5.11 Å². The van der Waals surface area contributed by atoms with Gasteiger partial charge in [-0.3, -0.25) is 4.68 Å². The molecule has 1 N–H and O–H groups in total. The van der Waals surface area contributed by atoms with Crippen molar-refractivity contribution in [3.05, 3.63) is 15.9 Å². The molecule has 0 aromatic carbocycles. The Kier molecular flexibility index (Phi) is 4.72. The number of hydrogen-bond donors (Lipinski definition) is 1.